The maximum absolute atomic E-state index is 10.5. The molecule has 1 heterocycles. The third-order valence-electron chi connectivity index (χ3n) is 2.06. The van der Waals surface area contributed by atoms with Crippen molar-refractivity contribution in [2.45, 2.75) is 19.3 Å². The summed E-state index contributed by atoms with van der Waals surface area (Å²) in [6.07, 6.45) is 4.48. The quantitative estimate of drug-likeness (QED) is 0.511. The minimum Gasteiger partial charge on any atom is -0.316 e. The Hall–Kier alpha value is -0.390. The minimum absolute atomic E-state index is 0.248. The monoisotopic (exact) mass is 205 g/mol. The van der Waals surface area contributed by atoms with Gasteiger partial charge in [0.2, 0.25) is 0 Å². The molecular formula is C8H15NO3S. The zero-order valence-electron chi connectivity index (χ0n) is 7.49. The predicted octanol–water partition coefficient (Wildman–Crippen LogP) is 0.574. The highest BCUT2D eigenvalue weighted by molar-refractivity contribution is 7.85. The topological polar surface area (TPSA) is 66.4 Å². The van der Waals surface area contributed by atoms with E-state index in [0.29, 0.717) is 0 Å². The fraction of sp³-hybridized carbons (Fsp3) is 0.750. The van der Waals surface area contributed by atoms with Crippen LogP contribution in [-0.4, -0.2) is 31.8 Å². The third-order valence-corrected chi connectivity index (χ3v) is 2.64. The SMILES string of the molecule is O=S(=O)(O)C/C=C1\CCCNCC1. The van der Waals surface area contributed by atoms with E-state index in [1.54, 1.807) is 6.08 Å². The lowest BCUT2D eigenvalue weighted by molar-refractivity contribution is 0.486. The molecule has 4 nitrogen and oxygen atoms in total. The average molecular weight is 205 g/mol. The summed E-state index contributed by atoms with van der Waals surface area (Å²) < 4.78 is 29.4. The molecule has 5 heteroatoms. The van der Waals surface area contributed by atoms with Crippen LogP contribution in [0.4, 0.5) is 0 Å². The summed E-state index contributed by atoms with van der Waals surface area (Å²) in [4.78, 5) is 0. The fourth-order valence-electron chi connectivity index (χ4n) is 1.37. The minimum atomic E-state index is -3.83. The van der Waals surface area contributed by atoms with E-state index in [0.717, 1.165) is 37.9 Å². The number of nitrogens with one attached hydrogen (secondary N) is 1. The molecule has 1 rings (SSSR count). The standard InChI is InChI=1S/C8H15NO3S/c10-13(11,12)7-4-8-2-1-5-9-6-3-8/h4,9H,1-3,5-7H2,(H,10,11,12)/b8-4+. The summed E-state index contributed by atoms with van der Waals surface area (Å²) in [6.45, 7) is 1.89. The lowest BCUT2D eigenvalue weighted by Gasteiger charge is -2.00. The third kappa shape index (κ3) is 5.02. The van der Waals surface area contributed by atoms with Crippen molar-refractivity contribution in [2.24, 2.45) is 0 Å². The van der Waals surface area contributed by atoms with Crippen molar-refractivity contribution in [3.63, 3.8) is 0 Å². The van der Waals surface area contributed by atoms with Crippen LogP contribution >= 0.6 is 0 Å². The average Bonchev–Trinajstić information content (AvgIpc) is 2.26. The molecule has 76 valence electrons. The normalized spacial score (nSPS) is 23.0. The molecule has 0 amide bonds. The molecule has 0 saturated carbocycles. The van der Waals surface area contributed by atoms with E-state index in [2.05, 4.69) is 5.32 Å². The molecule has 0 spiro atoms. The Labute approximate surface area is 78.8 Å². The maximum atomic E-state index is 10.5. The Kier molecular flexibility index (Phi) is 3.90. The molecule has 2 N–H and O–H groups in total. The van der Waals surface area contributed by atoms with Crippen LogP contribution < -0.4 is 5.32 Å². The Balaban J connectivity index is 2.49. The first-order valence-corrected chi connectivity index (χ1v) is 6.02. The van der Waals surface area contributed by atoms with Gasteiger partial charge in [0.1, 0.15) is 0 Å². The highest BCUT2D eigenvalue weighted by Gasteiger charge is 2.06. The van der Waals surface area contributed by atoms with Gasteiger partial charge in [-0.3, -0.25) is 4.55 Å². The van der Waals surface area contributed by atoms with E-state index < -0.39 is 10.1 Å². The van der Waals surface area contributed by atoms with Gasteiger partial charge in [-0.1, -0.05) is 11.6 Å². The number of rotatable bonds is 2. The van der Waals surface area contributed by atoms with Crippen molar-refractivity contribution in [1.29, 1.82) is 0 Å². The lowest BCUT2D eigenvalue weighted by atomic mass is 10.1. The summed E-state index contributed by atoms with van der Waals surface area (Å²) >= 11 is 0. The largest absolute Gasteiger partial charge is 0.316 e. The van der Waals surface area contributed by atoms with Crippen molar-refractivity contribution in [1.82, 2.24) is 5.32 Å². The van der Waals surface area contributed by atoms with Crippen molar-refractivity contribution < 1.29 is 13.0 Å². The summed E-state index contributed by atoms with van der Waals surface area (Å²) in [5, 5.41) is 3.22. The molecule has 0 aliphatic carbocycles. The molecule has 13 heavy (non-hydrogen) atoms. The van der Waals surface area contributed by atoms with Crippen LogP contribution in [0.25, 0.3) is 0 Å². The van der Waals surface area contributed by atoms with Crippen molar-refractivity contribution in [3.8, 4) is 0 Å². The summed E-state index contributed by atoms with van der Waals surface area (Å²) in [5.74, 6) is -0.248. The number of hydrogen-bond donors (Lipinski definition) is 2. The first kappa shape index (κ1) is 10.7. The van der Waals surface area contributed by atoms with E-state index in [9.17, 15) is 8.42 Å². The molecule has 0 radical (unpaired) electrons. The second kappa shape index (κ2) is 4.74. The van der Waals surface area contributed by atoms with E-state index in [4.69, 9.17) is 4.55 Å². The molecular weight excluding hydrogens is 190 g/mol. The predicted molar refractivity (Wildman–Crippen MR) is 51.2 cm³/mol. The maximum Gasteiger partial charge on any atom is 0.268 e. The van der Waals surface area contributed by atoms with Crippen LogP contribution in [0.3, 0.4) is 0 Å². The summed E-state index contributed by atoms with van der Waals surface area (Å²) in [6, 6.07) is 0. The fourth-order valence-corrected chi connectivity index (χ4v) is 1.81. The molecule has 1 aliphatic heterocycles. The van der Waals surface area contributed by atoms with Crippen molar-refractivity contribution in [2.75, 3.05) is 18.8 Å². The summed E-state index contributed by atoms with van der Waals surface area (Å²) in [5.41, 5.74) is 1.13. The molecule has 0 aromatic carbocycles. The Morgan fingerprint density at radius 3 is 2.85 bits per heavy atom. The molecule has 0 unspecified atom stereocenters. The van der Waals surface area contributed by atoms with Gasteiger partial charge in [-0.05, 0) is 32.4 Å². The van der Waals surface area contributed by atoms with Crippen LogP contribution in [0.5, 0.6) is 0 Å². The van der Waals surface area contributed by atoms with Crippen LogP contribution in [0.2, 0.25) is 0 Å². The highest BCUT2D eigenvalue weighted by atomic mass is 32.2. The first-order valence-electron chi connectivity index (χ1n) is 4.42. The molecule has 0 atom stereocenters. The smallest absolute Gasteiger partial charge is 0.268 e. The van der Waals surface area contributed by atoms with Gasteiger partial charge in [-0.25, -0.2) is 0 Å². The Morgan fingerprint density at radius 1 is 1.38 bits per heavy atom. The van der Waals surface area contributed by atoms with Gasteiger partial charge in [-0.15, -0.1) is 0 Å². The molecule has 1 saturated heterocycles. The van der Waals surface area contributed by atoms with Crippen LogP contribution in [0, 0.1) is 0 Å². The van der Waals surface area contributed by atoms with Gasteiger partial charge in [0.15, 0.2) is 0 Å². The van der Waals surface area contributed by atoms with Crippen LogP contribution in [0.15, 0.2) is 11.6 Å². The van der Waals surface area contributed by atoms with Crippen molar-refractivity contribution in [3.05, 3.63) is 11.6 Å². The molecule has 1 fully saturated rings. The Bertz CT molecular complexity index is 272. The van der Waals surface area contributed by atoms with Crippen molar-refractivity contribution >= 4 is 10.1 Å². The van der Waals surface area contributed by atoms with Gasteiger partial charge in [-0.2, -0.15) is 8.42 Å². The van der Waals surface area contributed by atoms with Crippen LogP contribution in [-0.2, 0) is 10.1 Å². The Morgan fingerprint density at radius 2 is 2.15 bits per heavy atom. The van der Waals surface area contributed by atoms with E-state index in [1.165, 1.54) is 0 Å². The molecule has 0 bridgehead atoms. The number of hydrogen-bond acceptors (Lipinski definition) is 3. The first-order chi connectivity index (χ1) is 6.08. The summed E-state index contributed by atoms with van der Waals surface area (Å²) in [7, 11) is -3.83. The van der Waals surface area contributed by atoms with Gasteiger partial charge in [0, 0.05) is 0 Å². The van der Waals surface area contributed by atoms with Gasteiger partial charge >= 0.3 is 0 Å². The van der Waals surface area contributed by atoms with E-state index in [-0.39, 0.29) is 5.75 Å². The van der Waals surface area contributed by atoms with Gasteiger partial charge in [0.05, 0.1) is 5.75 Å². The van der Waals surface area contributed by atoms with Crippen LogP contribution in [0.1, 0.15) is 19.3 Å². The van der Waals surface area contributed by atoms with E-state index >= 15 is 0 Å². The molecule has 0 aromatic heterocycles. The van der Waals surface area contributed by atoms with Gasteiger partial charge < -0.3 is 5.32 Å². The second-order valence-corrected chi connectivity index (χ2v) is 4.71. The molecule has 0 aromatic rings. The highest BCUT2D eigenvalue weighted by Crippen LogP contribution is 2.11. The second-order valence-electron chi connectivity index (χ2n) is 3.21. The van der Waals surface area contributed by atoms with E-state index in [1.807, 2.05) is 0 Å². The lowest BCUT2D eigenvalue weighted by Crippen LogP contribution is -2.13. The van der Waals surface area contributed by atoms with Gasteiger partial charge in [0.25, 0.3) is 10.1 Å². The zero-order valence-corrected chi connectivity index (χ0v) is 8.31. The zero-order chi connectivity index (χ0) is 9.73. The molecule has 1 aliphatic rings.